The average Bonchev–Trinajstić information content (AvgIpc) is 2.97. The van der Waals surface area contributed by atoms with Gasteiger partial charge in [-0.1, -0.05) is 0 Å². The molecule has 2 heterocycles. The number of rotatable bonds is 9. The molecular weight excluding hydrogens is 421 g/mol. The van der Waals surface area contributed by atoms with Gasteiger partial charge in [0.05, 0.1) is 6.42 Å². The van der Waals surface area contributed by atoms with Crippen molar-refractivity contribution in [3.05, 3.63) is 0 Å². The van der Waals surface area contributed by atoms with Gasteiger partial charge in [-0.05, 0) is 0 Å². The van der Waals surface area contributed by atoms with Gasteiger partial charge in [-0.25, -0.2) is 4.39 Å². The van der Waals surface area contributed by atoms with Crippen LogP contribution in [0.2, 0.25) is 0 Å². The zero-order chi connectivity index (χ0) is 24.0. The normalized spacial score (nSPS) is 31.2. The summed E-state index contributed by atoms with van der Waals surface area (Å²) in [5.41, 5.74) is 0. The van der Waals surface area contributed by atoms with E-state index < -0.39 is 73.3 Å². The summed E-state index contributed by atoms with van der Waals surface area (Å²) in [4.78, 5) is 58.7. The fourth-order valence-electron chi connectivity index (χ4n) is 3.06. The molecule has 2 aliphatic rings. The second-order valence-corrected chi connectivity index (χ2v) is 7.05. The third-order valence-electron chi connectivity index (χ3n) is 4.68. The van der Waals surface area contributed by atoms with Gasteiger partial charge in [-0.15, -0.1) is 0 Å². The SMILES string of the molecule is [3H]C1CC(=O)N(CCNC(=O)CCC(=O)OC[C@H]2OC(O)[C@H](NC(C)=O)[C@@H](O)[C@@H]2F)C1=O. The summed E-state index contributed by atoms with van der Waals surface area (Å²) >= 11 is 0. The summed E-state index contributed by atoms with van der Waals surface area (Å²) in [6, 6.07) is -1.38. The molecule has 174 valence electrons. The first-order valence-corrected chi connectivity index (χ1v) is 9.62. The number of halogens is 1. The molecule has 0 aromatic rings. The Morgan fingerprint density at radius 1 is 1.29 bits per heavy atom. The Labute approximate surface area is 178 Å². The average molecular weight is 449 g/mol. The highest BCUT2D eigenvalue weighted by Crippen LogP contribution is 2.23. The molecule has 2 fully saturated rings. The first kappa shape index (κ1) is 23.0. The lowest BCUT2D eigenvalue weighted by molar-refractivity contribution is -0.242. The van der Waals surface area contributed by atoms with Crippen molar-refractivity contribution in [1.82, 2.24) is 15.5 Å². The first-order valence-electron chi connectivity index (χ1n) is 10.2. The van der Waals surface area contributed by atoms with Crippen LogP contribution in [0.5, 0.6) is 0 Å². The monoisotopic (exact) mass is 449 g/mol. The van der Waals surface area contributed by atoms with Gasteiger partial charge in [0.2, 0.25) is 23.6 Å². The highest BCUT2D eigenvalue weighted by Gasteiger charge is 2.46. The lowest BCUT2D eigenvalue weighted by Crippen LogP contribution is -2.62. The number of carbonyl (C=O) groups excluding carboxylic acids is 5. The number of aliphatic hydroxyl groups is 2. The largest absolute Gasteiger partial charge is 0.463 e. The van der Waals surface area contributed by atoms with Crippen LogP contribution in [0.25, 0.3) is 0 Å². The Morgan fingerprint density at radius 2 is 2.00 bits per heavy atom. The van der Waals surface area contributed by atoms with Gasteiger partial charge in [0.25, 0.3) is 0 Å². The van der Waals surface area contributed by atoms with Crippen molar-refractivity contribution in [1.29, 1.82) is 0 Å². The Morgan fingerprint density at radius 3 is 2.61 bits per heavy atom. The number of likely N-dealkylation sites (tertiary alicyclic amines) is 1. The van der Waals surface area contributed by atoms with E-state index in [0.29, 0.717) is 0 Å². The number of alkyl halides is 1. The summed E-state index contributed by atoms with van der Waals surface area (Å²) in [6.07, 6.45) is -8.96. The quantitative estimate of drug-likeness (QED) is 0.219. The molecule has 2 unspecified atom stereocenters. The zero-order valence-corrected chi connectivity index (χ0v) is 16.8. The number of aliphatic hydroxyl groups excluding tert-OH is 2. The van der Waals surface area contributed by atoms with E-state index in [1.54, 1.807) is 0 Å². The van der Waals surface area contributed by atoms with Crippen LogP contribution < -0.4 is 10.6 Å². The van der Waals surface area contributed by atoms with E-state index in [9.17, 15) is 38.6 Å². The zero-order valence-electron chi connectivity index (χ0n) is 17.8. The van der Waals surface area contributed by atoms with Gasteiger partial charge in [0, 0.05) is 40.6 Å². The predicted octanol–water partition coefficient (Wildman–Crippen LogP) is -2.50. The van der Waals surface area contributed by atoms with Crippen LogP contribution in [0.4, 0.5) is 4.39 Å². The van der Waals surface area contributed by atoms with Crippen LogP contribution in [-0.4, -0.2) is 95.1 Å². The van der Waals surface area contributed by atoms with Crippen LogP contribution in [0.3, 0.4) is 0 Å². The molecule has 0 bridgehead atoms. The highest BCUT2D eigenvalue weighted by atomic mass is 19.1. The van der Waals surface area contributed by atoms with Crippen LogP contribution in [0.15, 0.2) is 0 Å². The smallest absolute Gasteiger partial charge is 0.306 e. The Kier molecular flexibility index (Phi) is 8.26. The number of imide groups is 1. The lowest BCUT2D eigenvalue weighted by Gasteiger charge is -2.39. The van der Waals surface area contributed by atoms with Gasteiger partial charge < -0.3 is 30.3 Å². The minimum Gasteiger partial charge on any atom is -0.463 e. The van der Waals surface area contributed by atoms with E-state index >= 15 is 0 Å². The first-order chi connectivity index (χ1) is 15.0. The third-order valence-corrected chi connectivity index (χ3v) is 4.68. The molecule has 0 radical (unpaired) electrons. The highest BCUT2D eigenvalue weighted by molar-refractivity contribution is 6.01. The number of ether oxygens (including phenoxy) is 2. The minimum atomic E-state index is -2.05. The van der Waals surface area contributed by atoms with Gasteiger partial charge >= 0.3 is 5.97 Å². The fourth-order valence-corrected chi connectivity index (χ4v) is 3.06. The molecule has 4 amide bonds. The maximum atomic E-state index is 14.3. The van der Waals surface area contributed by atoms with Crippen molar-refractivity contribution in [3.63, 3.8) is 0 Å². The van der Waals surface area contributed by atoms with E-state index in [2.05, 4.69) is 10.6 Å². The molecule has 2 rings (SSSR count). The topological polar surface area (TPSA) is 172 Å². The molecule has 0 saturated carbocycles. The van der Waals surface area contributed by atoms with Gasteiger partial charge in [-0.3, -0.25) is 28.9 Å². The van der Waals surface area contributed by atoms with E-state index in [0.717, 1.165) is 11.8 Å². The molecule has 2 aliphatic heterocycles. The minimum absolute atomic E-state index is 0.0389. The molecule has 0 aromatic carbocycles. The third kappa shape index (κ3) is 6.94. The summed E-state index contributed by atoms with van der Waals surface area (Å²) in [5.74, 6) is -3.12. The van der Waals surface area contributed by atoms with E-state index in [1.807, 2.05) is 0 Å². The predicted molar refractivity (Wildman–Crippen MR) is 98.5 cm³/mol. The van der Waals surface area contributed by atoms with Crippen LogP contribution >= 0.6 is 0 Å². The van der Waals surface area contributed by atoms with Gasteiger partial charge in [-0.2, -0.15) is 0 Å². The molecule has 12 nitrogen and oxygen atoms in total. The molecule has 0 aliphatic carbocycles. The Hall–Kier alpha value is -2.64. The summed E-state index contributed by atoms with van der Waals surface area (Å²) < 4.78 is 31.4. The number of amides is 4. The molecule has 31 heavy (non-hydrogen) atoms. The number of hydrogen-bond donors (Lipinski definition) is 4. The van der Waals surface area contributed by atoms with Crippen LogP contribution in [0.1, 0.15) is 34.0 Å². The molecule has 4 N–H and O–H groups in total. The molecule has 13 heteroatoms. The van der Waals surface area contributed by atoms with Crippen molar-refractivity contribution in [2.75, 3.05) is 19.7 Å². The maximum Gasteiger partial charge on any atom is 0.306 e. The van der Waals surface area contributed by atoms with Crippen molar-refractivity contribution in [2.24, 2.45) is 0 Å². The Bertz CT molecular complexity index is 755. The summed E-state index contributed by atoms with van der Waals surface area (Å²) in [7, 11) is 0. The van der Waals surface area contributed by atoms with Gasteiger partial charge in [0.15, 0.2) is 12.5 Å². The van der Waals surface area contributed by atoms with E-state index in [-0.39, 0.29) is 32.4 Å². The van der Waals surface area contributed by atoms with Crippen LogP contribution in [0, 0.1) is 0 Å². The molecule has 6 atom stereocenters. The van der Waals surface area contributed by atoms with Crippen molar-refractivity contribution < 1.29 is 49.4 Å². The summed E-state index contributed by atoms with van der Waals surface area (Å²) in [6.45, 7) is 0.373. The number of nitrogens with one attached hydrogen (secondary N) is 2. The fraction of sp³-hybridized carbons (Fsp3) is 0.722. The number of carbonyl (C=O) groups is 5. The lowest BCUT2D eigenvalue weighted by atomic mass is 9.98. The number of hydrogen-bond acceptors (Lipinski definition) is 9. The van der Waals surface area contributed by atoms with E-state index in [4.69, 9.17) is 10.8 Å². The second kappa shape index (κ2) is 11.1. The van der Waals surface area contributed by atoms with Crippen molar-refractivity contribution in [2.45, 2.75) is 63.3 Å². The van der Waals surface area contributed by atoms with Crippen molar-refractivity contribution in [3.8, 4) is 0 Å². The van der Waals surface area contributed by atoms with Gasteiger partial charge in [0.1, 0.15) is 24.9 Å². The Balaban J connectivity index is 1.66. The van der Waals surface area contributed by atoms with E-state index in [1.165, 1.54) is 0 Å². The maximum absolute atomic E-state index is 14.3. The molecule has 0 aromatic heterocycles. The molecular formula is C18H26FN3O9. The molecule has 0 spiro atoms. The standard InChI is InChI=1S/C18H26FN3O9/c1-9(23)21-16-17(28)15(19)10(31-18(16)29)8-30-14(27)5-2-11(24)20-6-7-22-12(25)3-4-13(22)26/h10,15-18,28-29H,2-8H2,1H3,(H,20,24)(H,21,23)/t10-,15-,16-,17+,18?/m1/s1/i3T/t3?,10-,15-,16-,17+,18?. The number of esters is 1. The van der Waals surface area contributed by atoms with Crippen LogP contribution in [-0.2, 0) is 33.4 Å². The summed E-state index contributed by atoms with van der Waals surface area (Å²) in [5, 5.41) is 24.3. The van der Waals surface area contributed by atoms with Crippen molar-refractivity contribution >= 4 is 29.6 Å². The second-order valence-electron chi connectivity index (χ2n) is 7.05. The number of nitrogens with zero attached hydrogens (tertiary/aromatic N) is 1. The molecule has 2 saturated heterocycles.